The van der Waals surface area contributed by atoms with Gasteiger partial charge in [-0.3, -0.25) is 24.1 Å². The molecule has 2 heterocycles. The molecule has 16 nitrogen and oxygen atoms in total. The summed E-state index contributed by atoms with van der Waals surface area (Å²) in [6.45, 7) is 11.4. The van der Waals surface area contributed by atoms with Crippen LogP contribution in [0.4, 0.5) is 4.79 Å². The lowest BCUT2D eigenvalue weighted by molar-refractivity contribution is -0.260. The highest BCUT2D eigenvalue weighted by atomic mass is 16.7. The highest BCUT2D eigenvalue weighted by molar-refractivity contribution is 6.31. The quantitative estimate of drug-likeness (QED) is 0.148. The number of hydrogen-bond acceptors (Lipinski definition) is 14. The van der Waals surface area contributed by atoms with Gasteiger partial charge in [0.1, 0.15) is 36.0 Å². The molecule has 2 aliphatic carbocycles. The maximum Gasteiger partial charge on any atom is 0.410 e. The topological polar surface area (TPSA) is 206 Å². The number of Topliss-reactive ketones (excluding diaryl/α,β-unsaturated/α-hetero) is 1. The number of carbonyl (C=O) groups is 4. The predicted molar refractivity (Wildman–Crippen MR) is 178 cm³/mol. The fraction of sp³-hybridized carbons (Fsp3) is 0.528. The van der Waals surface area contributed by atoms with E-state index in [4.69, 9.17) is 30.3 Å². The van der Waals surface area contributed by atoms with Gasteiger partial charge >= 0.3 is 6.09 Å². The number of hydrogen-bond donors (Lipinski definition) is 4. The van der Waals surface area contributed by atoms with Gasteiger partial charge in [-0.25, -0.2) is 16.3 Å². The summed E-state index contributed by atoms with van der Waals surface area (Å²) in [5.41, 5.74) is -3.41. The van der Waals surface area contributed by atoms with Crippen LogP contribution in [-0.4, -0.2) is 137 Å². The summed E-state index contributed by atoms with van der Waals surface area (Å²) in [5.74, 6) is -3.44. The number of fused-ring (bicyclic) bond motifs is 3. The van der Waals surface area contributed by atoms with Gasteiger partial charge in [0, 0.05) is 56.2 Å². The number of aliphatic hydroxyl groups is 2. The summed E-state index contributed by atoms with van der Waals surface area (Å²) in [6, 6.07) is 3.69. The number of carbonyl (C=O) groups excluding carboxylic acids is 4. The monoisotopic (exact) mass is 723 g/mol. The zero-order chi connectivity index (χ0) is 37.6. The number of benzene rings is 2. The van der Waals surface area contributed by atoms with Crippen LogP contribution in [0.15, 0.2) is 18.2 Å². The molecule has 0 radical (unpaired) electrons. The molecule has 2 fully saturated rings. The Morgan fingerprint density at radius 2 is 1.81 bits per heavy atom. The normalized spacial score (nSPS) is 28.7. The van der Waals surface area contributed by atoms with Crippen molar-refractivity contribution in [1.29, 1.82) is 0 Å². The van der Waals surface area contributed by atoms with Crippen molar-refractivity contribution < 1.29 is 63.3 Å². The maximum atomic E-state index is 13.9. The van der Waals surface area contributed by atoms with E-state index in [1.807, 2.05) is 0 Å². The van der Waals surface area contributed by atoms with Crippen LogP contribution in [0, 0.1) is 6.57 Å². The highest BCUT2D eigenvalue weighted by Crippen LogP contribution is 2.52. The first-order chi connectivity index (χ1) is 24.8. The van der Waals surface area contributed by atoms with Crippen LogP contribution in [0.3, 0.4) is 0 Å². The molecule has 2 aromatic rings. The molecule has 0 bridgehead atoms. The van der Waals surface area contributed by atoms with Crippen molar-refractivity contribution in [2.45, 2.75) is 75.5 Å². The molecule has 6 rings (SSSR count). The van der Waals surface area contributed by atoms with E-state index in [2.05, 4.69) is 4.85 Å². The van der Waals surface area contributed by atoms with E-state index in [0.717, 1.165) is 6.92 Å². The van der Waals surface area contributed by atoms with Crippen LogP contribution in [0.1, 0.15) is 75.8 Å². The third-order valence-electron chi connectivity index (χ3n) is 10.5. The molecular weight excluding hydrogens is 682 g/mol. The molecule has 278 valence electrons. The Kier molecular flexibility index (Phi) is 10.3. The number of aromatic hydroxyl groups is 2. The standard InChI is InChI=1S/C36H41N3O13/c1-17-30(41)21(39-10-9-38(16-24(39)37-3)35(46)50-12-11-48-4)13-25(51-17)52-23-15-36(47,18(2)40)14-20-27(23)34(45)29-28(32(20)43)31(42)19-7-6-8-22(49-5)26(19)33(29)44/h6-8,17,21,23-25,30,41,43,45,47H,9-16H2,1-2,4-5H3/t17-,21?,23-,24?,25-,30?,36-/m0/s1. The average molecular weight is 724 g/mol. The lowest BCUT2D eigenvalue weighted by Crippen LogP contribution is -2.63. The summed E-state index contributed by atoms with van der Waals surface area (Å²) < 4.78 is 27.9. The molecule has 2 aromatic carbocycles. The minimum atomic E-state index is -2.10. The van der Waals surface area contributed by atoms with Crippen molar-refractivity contribution in [3.63, 3.8) is 0 Å². The molecule has 16 heteroatoms. The van der Waals surface area contributed by atoms with E-state index >= 15 is 0 Å². The molecular formula is C36H41N3O13. The second-order valence-electron chi connectivity index (χ2n) is 13.4. The van der Waals surface area contributed by atoms with E-state index < -0.39 is 101 Å². The van der Waals surface area contributed by atoms with Gasteiger partial charge in [0.15, 0.2) is 17.9 Å². The summed E-state index contributed by atoms with van der Waals surface area (Å²) in [5, 5.41) is 46.2. The fourth-order valence-electron chi connectivity index (χ4n) is 7.68. The Morgan fingerprint density at radius 1 is 1.08 bits per heavy atom. The molecule has 7 atom stereocenters. The number of methoxy groups -OCH3 is 2. The molecule has 0 spiro atoms. The zero-order valence-corrected chi connectivity index (χ0v) is 29.2. The summed E-state index contributed by atoms with van der Waals surface area (Å²) >= 11 is 0. The van der Waals surface area contributed by atoms with Gasteiger partial charge in [-0.05, 0) is 19.9 Å². The number of amides is 1. The third-order valence-corrected chi connectivity index (χ3v) is 10.5. The molecule has 4 aliphatic rings. The predicted octanol–water partition coefficient (Wildman–Crippen LogP) is 1.72. The lowest BCUT2D eigenvalue weighted by atomic mass is 9.72. The van der Waals surface area contributed by atoms with Gasteiger partial charge in [0.05, 0.1) is 54.8 Å². The van der Waals surface area contributed by atoms with Crippen LogP contribution in [0.5, 0.6) is 17.2 Å². The van der Waals surface area contributed by atoms with Crippen LogP contribution in [-0.2, 0) is 30.2 Å². The van der Waals surface area contributed by atoms with Crippen LogP contribution >= 0.6 is 0 Å². The molecule has 0 saturated carbocycles. The number of phenolic OH excluding ortho intramolecular Hbond substituents is 2. The fourth-order valence-corrected chi connectivity index (χ4v) is 7.68. The molecule has 52 heavy (non-hydrogen) atoms. The minimum Gasteiger partial charge on any atom is -0.507 e. The Balaban J connectivity index is 1.33. The van der Waals surface area contributed by atoms with Gasteiger partial charge in [0.2, 0.25) is 5.78 Å². The SMILES string of the molecule is [C-]#[N+]C1CN(C(=O)OCCOC)CCN1C1C[C@H](O[C@H]2C[C@](O)(C(C)=O)Cc3c(O)c4c(c(O)c32)C(=O)c2c(OC)cccc2C4=O)O[C@@H](C)C1O. The highest BCUT2D eigenvalue weighted by Gasteiger charge is 2.51. The maximum absolute atomic E-state index is 13.9. The van der Waals surface area contributed by atoms with Crippen LogP contribution in [0.25, 0.3) is 4.85 Å². The molecule has 2 aliphatic heterocycles. The number of nitrogens with zero attached hydrogens (tertiary/aromatic N) is 3. The summed E-state index contributed by atoms with van der Waals surface area (Å²) in [7, 11) is 2.81. The first-order valence-electron chi connectivity index (χ1n) is 16.9. The van der Waals surface area contributed by atoms with Crippen LogP contribution in [0.2, 0.25) is 0 Å². The average Bonchev–Trinajstić information content (AvgIpc) is 3.12. The molecule has 2 saturated heterocycles. The number of phenols is 2. The molecule has 4 N–H and O–H groups in total. The van der Waals surface area contributed by atoms with Crippen molar-refractivity contribution in [2.24, 2.45) is 0 Å². The zero-order valence-electron chi connectivity index (χ0n) is 29.2. The van der Waals surface area contributed by atoms with Crippen LogP contribution < -0.4 is 4.74 Å². The molecule has 3 unspecified atom stereocenters. The van der Waals surface area contributed by atoms with E-state index in [0.29, 0.717) is 0 Å². The van der Waals surface area contributed by atoms with Crippen molar-refractivity contribution >= 4 is 23.4 Å². The van der Waals surface area contributed by atoms with Gasteiger partial charge < -0.3 is 44.1 Å². The Morgan fingerprint density at radius 3 is 2.48 bits per heavy atom. The second-order valence-corrected chi connectivity index (χ2v) is 13.4. The van der Waals surface area contributed by atoms with E-state index in [9.17, 15) is 39.6 Å². The Hall–Kier alpha value is -4.63. The van der Waals surface area contributed by atoms with Crippen molar-refractivity contribution in [2.75, 3.05) is 47.1 Å². The van der Waals surface area contributed by atoms with Gasteiger partial charge in [-0.15, -0.1) is 0 Å². The number of piperazine rings is 1. The smallest absolute Gasteiger partial charge is 0.410 e. The van der Waals surface area contributed by atoms with E-state index in [-0.39, 0.29) is 67.3 Å². The van der Waals surface area contributed by atoms with Gasteiger partial charge in [-0.2, -0.15) is 0 Å². The summed E-state index contributed by atoms with van der Waals surface area (Å²) in [4.78, 5) is 60.0. The number of ether oxygens (including phenoxy) is 5. The summed E-state index contributed by atoms with van der Waals surface area (Å²) in [6.07, 6.45) is -6.74. The molecule has 1 amide bonds. The van der Waals surface area contributed by atoms with Crippen molar-refractivity contribution in [3.05, 3.63) is 63.0 Å². The number of ketones is 3. The minimum absolute atomic E-state index is 0.0138. The lowest BCUT2D eigenvalue weighted by Gasteiger charge is -2.47. The Bertz CT molecular complexity index is 1840. The first kappa shape index (κ1) is 37.1. The first-order valence-corrected chi connectivity index (χ1v) is 16.9. The molecule has 0 aromatic heterocycles. The van der Waals surface area contributed by atoms with E-state index in [1.165, 1.54) is 37.3 Å². The Labute approximate surface area is 299 Å². The second kappa shape index (κ2) is 14.4. The third kappa shape index (κ3) is 6.27. The van der Waals surface area contributed by atoms with Crippen molar-refractivity contribution in [3.8, 4) is 17.2 Å². The van der Waals surface area contributed by atoms with Gasteiger partial charge in [0.25, 0.3) is 6.17 Å². The van der Waals surface area contributed by atoms with Crippen molar-refractivity contribution in [1.82, 2.24) is 9.80 Å². The number of rotatable bonds is 8. The van der Waals surface area contributed by atoms with E-state index in [1.54, 1.807) is 11.8 Å². The number of aliphatic hydroxyl groups excluding tert-OH is 1. The van der Waals surface area contributed by atoms with Gasteiger partial charge in [-0.1, -0.05) is 12.1 Å². The largest absolute Gasteiger partial charge is 0.507 e.